The minimum Gasteiger partial charge on any atom is -0.368 e. The molecule has 0 amide bonds. The first-order valence-electron chi connectivity index (χ1n) is 8.26. The molecule has 1 saturated carbocycles. The summed E-state index contributed by atoms with van der Waals surface area (Å²) in [6.07, 6.45) is 12.0. The second kappa shape index (κ2) is 8.92. The molecule has 21 heavy (non-hydrogen) atoms. The molecule has 1 rings (SSSR count). The Hall–Kier alpha value is -1.24. The molecule has 0 aromatic heterocycles. The first-order chi connectivity index (χ1) is 9.88. The minimum absolute atomic E-state index is 0.895. The monoisotopic (exact) mass is 287 g/mol. The van der Waals surface area contributed by atoms with E-state index in [1.165, 1.54) is 36.1 Å². The third-order valence-corrected chi connectivity index (χ3v) is 3.79. The average Bonchev–Trinajstić information content (AvgIpc) is 3.16. The smallest absolute Gasteiger partial charge is 0.0361 e. The van der Waals surface area contributed by atoms with Gasteiger partial charge in [-0.2, -0.15) is 0 Å². The van der Waals surface area contributed by atoms with Crippen molar-refractivity contribution in [2.45, 2.75) is 60.3 Å². The topological polar surface area (TPSA) is 3.24 Å². The Bertz CT molecular complexity index is 425. The number of nitrogens with zero attached hydrogens (tertiary/aromatic N) is 1. The second-order valence-corrected chi connectivity index (χ2v) is 6.93. The van der Waals surface area contributed by atoms with Gasteiger partial charge in [0.15, 0.2) is 0 Å². The lowest BCUT2D eigenvalue weighted by Crippen LogP contribution is -2.24. The van der Waals surface area contributed by atoms with Gasteiger partial charge in [-0.25, -0.2) is 0 Å². The summed E-state index contributed by atoms with van der Waals surface area (Å²) in [6.45, 7) is 17.3. The highest BCUT2D eigenvalue weighted by Crippen LogP contribution is 2.30. The molecule has 0 bridgehead atoms. The van der Waals surface area contributed by atoms with Crippen molar-refractivity contribution in [1.82, 2.24) is 4.90 Å². The van der Waals surface area contributed by atoms with Crippen LogP contribution in [0.1, 0.15) is 60.3 Å². The molecule has 0 aromatic carbocycles. The van der Waals surface area contributed by atoms with E-state index < -0.39 is 0 Å². The predicted molar refractivity (Wildman–Crippen MR) is 95.3 cm³/mol. The van der Waals surface area contributed by atoms with Crippen molar-refractivity contribution in [2.75, 3.05) is 13.1 Å². The Balaban J connectivity index is 2.53. The molecule has 0 aliphatic heterocycles. The highest BCUT2D eigenvalue weighted by atomic mass is 15.1. The van der Waals surface area contributed by atoms with Crippen molar-refractivity contribution in [2.24, 2.45) is 5.92 Å². The van der Waals surface area contributed by atoms with Crippen LogP contribution in [0, 0.1) is 5.92 Å². The molecular weight excluding hydrogens is 254 g/mol. The summed E-state index contributed by atoms with van der Waals surface area (Å²) in [7, 11) is 0. The van der Waals surface area contributed by atoms with Gasteiger partial charge in [0.2, 0.25) is 0 Å². The molecule has 1 aliphatic carbocycles. The molecule has 1 heteroatoms. The summed E-state index contributed by atoms with van der Waals surface area (Å²) in [5, 5.41) is 0. The molecule has 1 aliphatic rings. The van der Waals surface area contributed by atoms with Crippen molar-refractivity contribution in [3.63, 3.8) is 0 Å². The Morgan fingerprint density at radius 1 is 1.05 bits per heavy atom. The van der Waals surface area contributed by atoms with Crippen LogP contribution in [0.5, 0.6) is 0 Å². The van der Waals surface area contributed by atoms with E-state index in [0.29, 0.717) is 0 Å². The fourth-order valence-corrected chi connectivity index (χ4v) is 2.30. The van der Waals surface area contributed by atoms with E-state index in [-0.39, 0.29) is 0 Å². The van der Waals surface area contributed by atoms with Crippen molar-refractivity contribution >= 4 is 0 Å². The normalized spacial score (nSPS) is 14.6. The zero-order valence-electron chi connectivity index (χ0n) is 14.7. The van der Waals surface area contributed by atoms with Gasteiger partial charge in [0.25, 0.3) is 0 Å². The maximum atomic E-state index is 4.25. The van der Waals surface area contributed by atoms with Crippen LogP contribution in [-0.4, -0.2) is 18.0 Å². The van der Waals surface area contributed by atoms with Gasteiger partial charge in [0.05, 0.1) is 0 Å². The molecule has 0 heterocycles. The predicted octanol–water partition coefficient (Wildman–Crippen LogP) is 5.87. The van der Waals surface area contributed by atoms with Gasteiger partial charge in [0.1, 0.15) is 0 Å². The molecule has 1 nitrogen and oxygen atoms in total. The van der Waals surface area contributed by atoms with Gasteiger partial charge in [-0.3, -0.25) is 0 Å². The van der Waals surface area contributed by atoms with Crippen molar-refractivity contribution < 1.29 is 0 Å². The van der Waals surface area contributed by atoms with Gasteiger partial charge >= 0.3 is 0 Å². The van der Waals surface area contributed by atoms with Crippen LogP contribution in [0.25, 0.3) is 0 Å². The minimum atomic E-state index is 0.895. The van der Waals surface area contributed by atoms with Gasteiger partial charge in [-0.1, -0.05) is 35.5 Å². The standard InChI is InChI=1S/C20H33N/c1-16(2)8-7-9-18(5)12-13-21(15-20-10-11-20)19(6)14-17(3)4/h8,12,14,20H,6-7,9-11,13,15H2,1-5H3/b18-12-. The van der Waals surface area contributed by atoms with E-state index in [9.17, 15) is 0 Å². The summed E-state index contributed by atoms with van der Waals surface area (Å²) < 4.78 is 0. The Morgan fingerprint density at radius 3 is 2.24 bits per heavy atom. The van der Waals surface area contributed by atoms with Crippen LogP contribution in [0.4, 0.5) is 0 Å². The van der Waals surface area contributed by atoms with Crippen LogP contribution in [-0.2, 0) is 0 Å². The van der Waals surface area contributed by atoms with Gasteiger partial charge in [-0.15, -0.1) is 0 Å². The zero-order valence-corrected chi connectivity index (χ0v) is 14.7. The third-order valence-electron chi connectivity index (χ3n) is 3.79. The summed E-state index contributed by atoms with van der Waals surface area (Å²) in [5.41, 5.74) is 5.38. The van der Waals surface area contributed by atoms with Crippen LogP contribution < -0.4 is 0 Å². The highest BCUT2D eigenvalue weighted by molar-refractivity contribution is 5.19. The van der Waals surface area contributed by atoms with Crippen molar-refractivity contribution in [3.05, 3.63) is 47.2 Å². The Labute approximate surface area is 132 Å². The van der Waals surface area contributed by atoms with E-state index in [0.717, 1.165) is 31.0 Å². The molecule has 0 spiro atoms. The number of hydrogen-bond donors (Lipinski definition) is 0. The lowest BCUT2D eigenvalue weighted by Gasteiger charge is -2.24. The Kier molecular flexibility index (Phi) is 7.56. The highest BCUT2D eigenvalue weighted by Gasteiger charge is 2.24. The van der Waals surface area contributed by atoms with Crippen molar-refractivity contribution in [3.8, 4) is 0 Å². The van der Waals surface area contributed by atoms with Crippen LogP contribution in [0.15, 0.2) is 47.2 Å². The van der Waals surface area contributed by atoms with Gasteiger partial charge in [0, 0.05) is 18.8 Å². The van der Waals surface area contributed by atoms with E-state index in [2.05, 4.69) is 64.3 Å². The number of hydrogen-bond acceptors (Lipinski definition) is 1. The fourth-order valence-electron chi connectivity index (χ4n) is 2.30. The number of allylic oxidation sites excluding steroid dienone is 5. The quantitative estimate of drug-likeness (QED) is 0.378. The van der Waals surface area contributed by atoms with Crippen molar-refractivity contribution in [1.29, 1.82) is 0 Å². The Morgan fingerprint density at radius 2 is 1.71 bits per heavy atom. The van der Waals surface area contributed by atoms with Crippen LogP contribution >= 0.6 is 0 Å². The fraction of sp³-hybridized carbons (Fsp3) is 0.600. The molecule has 0 atom stereocenters. The summed E-state index contributed by atoms with van der Waals surface area (Å²) >= 11 is 0. The molecule has 0 saturated heterocycles. The van der Waals surface area contributed by atoms with Gasteiger partial charge in [-0.05, 0) is 72.3 Å². The molecule has 118 valence electrons. The van der Waals surface area contributed by atoms with Crippen LogP contribution in [0.2, 0.25) is 0 Å². The van der Waals surface area contributed by atoms with E-state index in [4.69, 9.17) is 0 Å². The first kappa shape index (κ1) is 17.8. The largest absolute Gasteiger partial charge is 0.368 e. The molecular formula is C20H33N. The third kappa shape index (κ3) is 8.60. The van der Waals surface area contributed by atoms with Crippen LogP contribution in [0.3, 0.4) is 0 Å². The summed E-state index contributed by atoms with van der Waals surface area (Å²) in [5.74, 6) is 0.895. The SMILES string of the molecule is C=C(C=C(C)C)N(C/C=C(/C)CCC=C(C)C)CC1CC1. The maximum Gasteiger partial charge on any atom is 0.0361 e. The molecule has 1 fully saturated rings. The van der Waals surface area contributed by atoms with Gasteiger partial charge < -0.3 is 4.90 Å². The molecule has 0 N–H and O–H groups in total. The first-order valence-corrected chi connectivity index (χ1v) is 8.26. The molecule has 0 radical (unpaired) electrons. The number of rotatable bonds is 9. The summed E-state index contributed by atoms with van der Waals surface area (Å²) in [4.78, 5) is 2.44. The van der Waals surface area contributed by atoms with E-state index >= 15 is 0 Å². The lowest BCUT2D eigenvalue weighted by atomic mass is 10.1. The molecule has 0 unspecified atom stereocenters. The lowest BCUT2D eigenvalue weighted by molar-refractivity contribution is 0.373. The maximum absolute atomic E-state index is 4.25. The average molecular weight is 287 g/mol. The second-order valence-electron chi connectivity index (χ2n) is 6.93. The van der Waals surface area contributed by atoms with E-state index in [1.807, 2.05) is 0 Å². The summed E-state index contributed by atoms with van der Waals surface area (Å²) in [6, 6.07) is 0. The van der Waals surface area contributed by atoms with E-state index in [1.54, 1.807) is 0 Å². The molecule has 0 aromatic rings. The zero-order chi connectivity index (χ0) is 15.8.